The molecule has 2 atom stereocenters. The molecule has 0 aromatic heterocycles. The molecule has 1 heterocycles. The van der Waals surface area contributed by atoms with Crippen LogP contribution in [0.2, 0.25) is 5.02 Å². The van der Waals surface area contributed by atoms with Gasteiger partial charge in [-0.05, 0) is 64.2 Å². The van der Waals surface area contributed by atoms with Gasteiger partial charge < -0.3 is 24.8 Å². The Labute approximate surface area is 183 Å². The minimum Gasteiger partial charge on any atom is -0.453 e. The SMILES string of the molecule is COC(=O)NCCC[C@@](O)(c1cccc(Cl)c1)C1CCCN(C(=O)OC(C)(C)C)C1. The summed E-state index contributed by atoms with van der Waals surface area (Å²) in [6.45, 7) is 6.87. The highest BCUT2D eigenvalue weighted by Crippen LogP contribution is 2.40. The van der Waals surface area contributed by atoms with E-state index in [1.165, 1.54) is 7.11 Å². The Morgan fingerprint density at radius 1 is 1.33 bits per heavy atom. The number of ether oxygens (including phenoxy) is 2. The van der Waals surface area contributed by atoms with Crippen LogP contribution < -0.4 is 5.32 Å². The fourth-order valence-electron chi connectivity index (χ4n) is 3.82. The molecule has 30 heavy (non-hydrogen) atoms. The molecule has 2 N–H and O–H groups in total. The van der Waals surface area contributed by atoms with Gasteiger partial charge in [0.2, 0.25) is 0 Å². The molecule has 1 aromatic carbocycles. The highest BCUT2D eigenvalue weighted by atomic mass is 35.5. The van der Waals surface area contributed by atoms with Gasteiger partial charge in [0.25, 0.3) is 0 Å². The highest BCUT2D eigenvalue weighted by molar-refractivity contribution is 6.30. The number of likely N-dealkylation sites (tertiary alicyclic amines) is 1. The van der Waals surface area contributed by atoms with Crippen molar-refractivity contribution in [3.05, 3.63) is 34.9 Å². The van der Waals surface area contributed by atoms with Gasteiger partial charge in [0.05, 0.1) is 12.7 Å². The van der Waals surface area contributed by atoms with Crippen LogP contribution in [0.1, 0.15) is 52.0 Å². The van der Waals surface area contributed by atoms with Crippen molar-refractivity contribution in [1.82, 2.24) is 10.2 Å². The third-order valence-electron chi connectivity index (χ3n) is 5.26. The average molecular weight is 441 g/mol. The zero-order valence-corrected chi connectivity index (χ0v) is 19.0. The number of aliphatic hydroxyl groups is 1. The Morgan fingerprint density at radius 3 is 2.70 bits per heavy atom. The van der Waals surface area contributed by atoms with Gasteiger partial charge in [0.1, 0.15) is 5.60 Å². The van der Waals surface area contributed by atoms with Gasteiger partial charge in [0.15, 0.2) is 0 Å². The lowest BCUT2D eigenvalue weighted by molar-refractivity contribution is -0.0633. The van der Waals surface area contributed by atoms with Gasteiger partial charge in [-0.3, -0.25) is 0 Å². The van der Waals surface area contributed by atoms with Gasteiger partial charge in [-0.2, -0.15) is 0 Å². The smallest absolute Gasteiger partial charge is 0.410 e. The number of alkyl carbamates (subject to hydrolysis) is 1. The molecular formula is C22H33ClN2O5. The monoisotopic (exact) mass is 440 g/mol. The van der Waals surface area contributed by atoms with E-state index in [0.29, 0.717) is 43.1 Å². The normalized spacial score (nSPS) is 19.0. The molecule has 0 radical (unpaired) electrons. The lowest BCUT2D eigenvalue weighted by Crippen LogP contribution is -2.49. The van der Waals surface area contributed by atoms with Crippen LogP contribution >= 0.6 is 11.6 Å². The van der Waals surface area contributed by atoms with E-state index in [-0.39, 0.29) is 12.0 Å². The van der Waals surface area contributed by atoms with Gasteiger partial charge in [-0.1, -0.05) is 23.7 Å². The molecule has 2 rings (SSSR count). The van der Waals surface area contributed by atoms with E-state index in [4.69, 9.17) is 16.3 Å². The number of piperidine rings is 1. The molecule has 0 spiro atoms. The Bertz CT molecular complexity index is 736. The molecule has 168 valence electrons. The summed E-state index contributed by atoms with van der Waals surface area (Å²) in [5.41, 5.74) is -1.06. The summed E-state index contributed by atoms with van der Waals surface area (Å²) in [6.07, 6.45) is 1.62. The Kier molecular flexibility index (Phi) is 8.38. The zero-order valence-electron chi connectivity index (χ0n) is 18.2. The molecule has 0 saturated carbocycles. The van der Waals surface area contributed by atoms with E-state index in [2.05, 4.69) is 10.1 Å². The van der Waals surface area contributed by atoms with Crippen LogP contribution in [0.15, 0.2) is 24.3 Å². The minimum atomic E-state index is -1.19. The number of rotatable bonds is 6. The van der Waals surface area contributed by atoms with Crippen molar-refractivity contribution in [3.8, 4) is 0 Å². The fourth-order valence-corrected chi connectivity index (χ4v) is 4.01. The Morgan fingerprint density at radius 2 is 2.07 bits per heavy atom. The van der Waals surface area contributed by atoms with Crippen molar-refractivity contribution < 1.29 is 24.2 Å². The van der Waals surface area contributed by atoms with Crippen LogP contribution in [-0.2, 0) is 15.1 Å². The number of amides is 2. The van der Waals surface area contributed by atoms with E-state index < -0.39 is 17.3 Å². The number of benzene rings is 1. The van der Waals surface area contributed by atoms with Gasteiger partial charge in [-0.25, -0.2) is 9.59 Å². The zero-order chi connectivity index (χ0) is 22.4. The second kappa shape index (κ2) is 10.4. The van der Waals surface area contributed by atoms with Crippen molar-refractivity contribution in [3.63, 3.8) is 0 Å². The minimum absolute atomic E-state index is 0.185. The second-order valence-corrected chi connectivity index (χ2v) is 9.16. The van der Waals surface area contributed by atoms with E-state index >= 15 is 0 Å². The summed E-state index contributed by atoms with van der Waals surface area (Å²) < 4.78 is 10.1. The summed E-state index contributed by atoms with van der Waals surface area (Å²) in [7, 11) is 1.31. The summed E-state index contributed by atoms with van der Waals surface area (Å²) in [5, 5.41) is 15.0. The molecule has 1 aliphatic rings. The summed E-state index contributed by atoms with van der Waals surface area (Å²) in [4.78, 5) is 25.6. The number of hydrogen-bond donors (Lipinski definition) is 2. The highest BCUT2D eigenvalue weighted by Gasteiger charge is 2.42. The second-order valence-electron chi connectivity index (χ2n) is 8.72. The van der Waals surface area contributed by atoms with Crippen molar-refractivity contribution in [1.29, 1.82) is 0 Å². The number of halogens is 1. The standard InChI is InChI=1S/C22H33ClN2O5/c1-21(2,3)30-20(27)25-13-6-9-17(15-25)22(28,11-7-12-24-19(26)29-4)16-8-5-10-18(23)14-16/h5,8,10,14,17,28H,6-7,9,11-13,15H2,1-4H3,(H,24,26)/t17?,22-/m1/s1. The number of hydrogen-bond acceptors (Lipinski definition) is 5. The van der Waals surface area contributed by atoms with Crippen LogP contribution in [-0.4, -0.2) is 54.5 Å². The maximum absolute atomic E-state index is 12.6. The predicted octanol–water partition coefficient (Wildman–Crippen LogP) is 4.31. The molecule has 1 saturated heterocycles. The van der Waals surface area contributed by atoms with Crippen LogP contribution in [0.4, 0.5) is 9.59 Å². The number of nitrogens with one attached hydrogen (secondary N) is 1. The lowest BCUT2D eigenvalue weighted by Gasteiger charge is -2.43. The third kappa shape index (κ3) is 6.77. The first-order valence-electron chi connectivity index (χ1n) is 10.3. The molecule has 2 amide bonds. The number of carbonyl (C=O) groups excluding carboxylic acids is 2. The van der Waals surface area contributed by atoms with Crippen molar-refractivity contribution in [2.75, 3.05) is 26.7 Å². The van der Waals surface area contributed by atoms with Crippen LogP contribution in [0, 0.1) is 5.92 Å². The van der Waals surface area contributed by atoms with E-state index in [1.807, 2.05) is 32.9 Å². The van der Waals surface area contributed by atoms with E-state index in [0.717, 1.165) is 12.8 Å². The molecule has 1 aromatic rings. The van der Waals surface area contributed by atoms with Crippen LogP contribution in [0.3, 0.4) is 0 Å². The molecule has 8 heteroatoms. The van der Waals surface area contributed by atoms with Crippen molar-refractivity contribution >= 4 is 23.8 Å². The number of carbonyl (C=O) groups is 2. The lowest BCUT2D eigenvalue weighted by atomic mass is 9.74. The molecule has 1 fully saturated rings. The molecular weight excluding hydrogens is 408 g/mol. The van der Waals surface area contributed by atoms with Crippen LogP contribution in [0.25, 0.3) is 0 Å². The van der Waals surface area contributed by atoms with E-state index in [1.54, 1.807) is 17.0 Å². The van der Waals surface area contributed by atoms with Gasteiger partial charge >= 0.3 is 12.2 Å². The summed E-state index contributed by atoms with van der Waals surface area (Å²) in [6, 6.07) is 7.19. The van der Waals surface area contributed by atoms with E-state index in [9.17, 15) is 14.7 Å². The third-order valence-corrected chi connectivity index (χ3v) is 5.50. The van der Waals surface area contributed by atoms with Crippen LogP contribution in [0.5, 0.6) is 0 Å². The summed E-state index contributed by atoms with van der Waals surface area (Å²) >= 11 is 6.19. The maximum atomic E-state index is 12.6. The Hall–Kier alpha value is -1.99. The quantitative estimate of drug-likeness (QED) is 0.643. The van der Waals surface area contributed by atoms with Gasteiger partial charge in [0, 0.05) is 30.6 Å². The number of nitrogens with zero attached hydrogens (tertiary/aromatic N) is 1. The first kappa shape index (κ1) is 24.3. The average Bonchev–Trinajstić information content (AvgIpc) is 2.69. The predicted molar refractivity (Wildman–Crippen MR) is 116 cm³/mol. The first-order chi connectivity index (χ1) is 14.0. The number of methoxy groups -OCH3 is 1. The van der Waals surface area contributed by atoms with Crippen molar-refractivity contribution in [2.45, 2.75) is 57.7 Å². The summed E-state index contributed by atoms with van der Waals surface area (Å²) in [5.74, 6) is -0.185. The molecule has 7 nitrogen and oxygen atoms in total. The molecule has 1 unspecified atom stereocenters. The van der Waals surface area contributed by atoms with Gasteiger partial charge in [-0.15, -0.1) is 0 Å². The largest absolute Gasteiger partial charge is 0.453 e. The molecule has 1 aliphatic heterocycles. The first-order valence-corrected chi connectivity index (χ1v) is 10.7. The van der Waals surface area contributed by atoms with Crippen molar-refractivity contribution in [2.24, 2.45) is 5.92 Å². The Balaban J connectivity index is 2.18. The topological polar surface area (TPSA) is 88.1 Å². The molecule has 0 aliphatic carbocycles. The molecule has 0 bridgehead atoms. The fraction of sp³-hybridized carbons (Fsp3) is 0.636. The maximum Gasteiger partial charge on any atom is 0.410 e.